The molecule has 0 amide bonds. The van der Waals surface area contributed by atoms with Gasteiger partial charge in [0.2, 0.25) is 0 Å². The van der Waals surface area contributed by atoms with Crippen LogP contribution in [0.15, 0.2) is 12.4 Å². The van der Waals surface area contributed by atoms with Crippen molar-refractivity contribution in [2.75, 3.05) is 0 Å². The van der Waals surface area contributed by atoms with E-state index < -0.39 is 5.41 Å². The molecule has 0 aromatic carbocycles. The number of hydrogen-bond acceptors (Lipinski definition) is 2. The maximum atomic E-state index is 11.3. The Morgan fingerprint density at radius 1 is 1.58 bits per heavy atom. The van der Waals surface area contributed by atoms with Gasteiger partial charge in [-0.2, -0.15) is 0 Å². The summed E-state index contributed by atoms with van der Waals surface area (Å²) in [5, 5.41) is 0. The molecule has 66 valence electrons. The van der Waals surface area contributed by atoms with Crippen LogP contribution in [0.1, 0.15) is 26.6 Å². The second-order valence-corrected chi connectivity index (χ2v) is 3.54. The van der Waals surface area contributed by atoms with E-state index in [1.807, 2.05) is 31.7 Å². The number of nitrogens with zero attached hydrogens (tertiary/aromatic N) is 2. The maximum absolute atomic E-state index is 11.3. The fourth-order valence-corrected chi connectivity index (χ4v) is 1.13. The number of aryl methyl sites for hydroxylation is 1. The van der Waals surface area contributed by atoms with E-state index in [1.165, 1.54) is 0 Å². The summed E-state index contributed by atoms with van der Waals surface area (Å²) >= 11 is 0. The minimum atomic E-state index is -0.474. The fourth-order valence-electron chi connectivity index (χ4n) is 1.13. The molecule has 0 atom stereocenters. The molecule has 0 saturated heterocycles. The number of carbonyl (C=O) groups excluding carboxylic acids is 1. The Morgan fingerprint density at radius 2 is 2.17 bits per heavy atom. The molecule has 0 aliphatic carbocycles. The third kappa shape index (κ3) is 1.26. The Morgan fingerprint density at radius 3 is 2.50 bits per heavy atom. The van der Waals surface area contributed by atoms with Crippen LogP contribution in [0.2, 0.25) is 0 Å². The molecule has 3 heteroatoms. The van der Waals surface area contributed by atoms with E-state index in [0.717, 1.165) is 5.82 Å². The standard InChI is InChI=1S/C9H14N2O/c1-7(12)9(2,3)8-10-5-6-11(8)4/h5-6H,1-4H3. The summed E-state index contributed by atoms with van der Waals surface area (Å²) in [4.78, 5) is 15.4. The molecule has 0 saturated carbocycles. The summed E-state index contributed by atoms with van der Waals surface area (Å²) in [5.41, 5.74) is -0.474. The van der Waals surface area contributed by atoms with Gasteiger partial charge in [0.15, 0.2) is 0 Å². The van der Waals surface area contributed by atoms with E-state index in [2.05, 4.69) is 4.98 Å². The van der Waals surface area contributed by atoms with Crippen LogP contribution in [-0.4, -0.2) is 15.3 Å². The van der Waals surface area contributed by atoms with E-state index in [4.69, 9.17) is 0 Å². The van der Waals surface area contributed by atoms with Crippen molar-refractivity contribution in [2.45, 2.75) is 26.2 Å². The van der Waals surface area contributed by atoms with Gasteiger partial charge in [-0.25, -0.2) is 4.98 Å². The van der Waals surface area contributed by atoms with Crippen molar-refractivity contribution < 1.29 is 4.79 Å². The summed E-state index contributed by atoms with van der Waals surface area (Å²) in [5.74, 6) is 0.951. The van der Waals surface area contributed by atoms with Crippen LogP contribution >= 0.6 is 0 Å². The minimum absolute atomic E-state index is 0.136. The second kappa shape index (κ2) is 2.73. The molecule has 1 aromatic rings. The Bertz CT molecular complexity index is 299. The predicted octanol–water partition coefficient (Wildman–Crippen LogP) is 1.29. The smallest absolute Gasteiger partial charge is 0.142 e. The first-order chi connectivity index (χ1) is 5.46. The first kappa shape index (κ1) is 8.97. The lowest BCUT2D eigenvalue weighted by Crippen LogP contribution is -2.29. The monoisotopic (exact) mass is 166 g/mol. The fraction of sp³-hybridized carbons (Fsp3) is 0.556. The highest BCUT2D eigenvalue weighted by molar-refractivity contribution is 5.86. The van der Waals surface area contributed by atoms with Gasteiger partial charge in [-0.15, -0.1) is 0 Å². The van der Waals surface area contributed by atoms with Crippen LogP contribution in [0, 0.1) is 0 Å². The molecule has 0 radical (unpaired) electrons. The number of carbonyl (C=O) groups is 1. The average molecular weight is 166 g/mol. The SMILES string of the molecule is CC(=O)C(C)(C)c1nccn1C. The largest absolute Gasteiger partial charge is 0.337 e. The molecular formula is C9H14N2O. The zero-order valence-corrected chi connectivity index (χ0v) is 7.96. The normalized spacial score (nSPS) is 11.7. The van der Waals surface area contributed by atoms with Gasteiger partial charge >= 0.3 is 0 Å². The lowest BCUT2D eigenvalue weighted by atomic mass is 9.88. The molecular weight excluding hydrogens is 152 g/mol. The number of imidazole rings is 1. The van der Waals surface area contributed by atoms with Crippen molar-refractivity contribution in [2.24, 2.45) is 7.05 Å². The molecule has 12 heavy (non-hydrogen) atoms. The first-order valence-corrected chi connectivity index (χ1v) is 3.95. The second-order valence-electron chi connectivity index (χ2n) is 3.54. The third-order valence-electron chi connectivity index (χ3n) is 2.26. The van der Waals surface area contributed by atoms with Gasteiger partial charge in [0, 0.05) is 19.4 Å². The van der Waals surface area contributed by atoms with Crippen LogP contribution in [0.3, 0.4) is 0 Å². The van der Waals surface area contributed by atoms with E-state index >= 15 is 0 Å². The van der Waals surface area contributed by atoms with Crippen LogP contribution in [0.25, 0.3) is 0 Å². The van der Waals surface area contributed by atoms with Crippen molar-refractivity contribution in [1.29, 1.82) is 0 Å². The Kier molecular flexibility index (Phi) is 2.04. The topological polar surface area (TPSA) is 34.9 Å². The van der Waals surface area contributed by atoms with Gasteiger partial charge < -0.3 is 4.57 Å². The van der Waals surface area contributed by atoms with Crippen molar-refractivity contribution in [3.05, 3.63) is 18.2 Å². The van der Waals surface area contributed by atoms with Crippen molar-refractivity contribution >= 4 is 5.78 Å². The third-order valence-corrected chi connectivity index (χ3v) is 2.26. The lowest BCUT2D eigenvalue weighted by Gasteiger charge is -2.20. The zero-order chi connectivity index (χ0) is 9.35. The Balaban J connectivity index is 3.13. The summed E-state index contributed by atoms with van der Waals surface area (Å²) < 4.78 is 1.88. The molecule has 1 rings (SSSR count). The van der Waals surface area contributed by atoms with Crippen LogP contribution in [0.5, 0.6) is 0 Å². The highest BCUT2D eigenvalue weighted by Gasteiger charge is 2.29. The van der Waals surface area contributed by atoms with Crippen LogP contribution in [-0.2, 0) is 17.3 Å². The molecule has 3 nitrogen and oxygen atoms in total. The molecule has 0 aliphatic heterocycles. The van der Waals surface area contributed by atoms with Crippen molar-refractivity contribution in [3.63, 3.8) is 0 Å². The number of Topliss-reactive ketones (excluding diaryl/α,β-unsaturated/α-hetero) is 1. The number of ketones is 1. The predicted molar refractivity (Wildman–Crippen MR) is 46.9 cm³/mol. The summed E-state index contributed by atoms with van der Waals surface area (Å²) in [6.07, 6.45) is 3.56. The minimum Gasteiger partial charge on any atom is -0.337 e. The number of aromatic nitrogens is 2. The highest BCUT2D eigenvalue weighted by atomic mass is 16.1. The molecule has 1 heterocycles. The van der Waals surface area contributed by atoms with Crippen LogP contribution in [0.4, 0.5) is 0 Å². The van der Waals surface area contributed by atoms with Gasteiger partial charge in [0.05, 0.1) is 5.41 Å². The number of hydrogen-bond donors (Lipinski definition) is 0. The summed E-state index contributed by atoms with van der Waals surface area (Å²) in [6, 6.07) is 0. The highest BCUT2D eigenvalue weighted by Crippen LogP contribution is 2.21. The Hall–Kier alpha value is -1.12. The van der Waals surface area contributed by atoms with Gasteiger partial charge in [-0.1, -0.05) is 0 Å². The summed E-state index contributed by atoms with van der Waals surface area (Å²) in [7, 11) is 1.90. The molecule has 0 spiro atoms. The lowest BCUT2D eigenvalue weighted by molar-refractivity contribution is -0.121. The average Bonchev–Trinajstić information content (AvgIpc) is 2.35. The van der Waals surface area contributed by atoms with E-state index in [0.29, 0.717) is 0 Å². The molecule has 0 N–H and O–H groups in total. The molecule has 1 aromatic heterocycles. The molecule has 0 fully saturated rings. The van der Waals surface area contributed by atoms with Gasteiger partial charge in [0.25, 0.3) is 0 Å². The van der Waals surface area contributed by atoms with Gasteiger partial charge in [-0.3, -0.25) is 4.79 Å². The quantitative estimate of drug-likeness (QED) is 0.663. The van der Waals surface area contributed by atoms with Crippen LogP contribution < -0.4 is 0 Å². The zero-order valence-electron chi connectivity index (χ0n) is 7.96. The number of rotatable bonds is 2. The Labute approximate surface area is 72.4 Å². The van der Waals surface area contributed by atoms with Crippen molar-refractivity contribution in [3.8, 4) is 0 Å². The molecule has 0 unspecified atom stereocenters. The van der Waals surface area contributed by atoms with Crippen molar-refractivity contribution in [1.82, 2.24) is 9.55 Å². The van der Waals surface area contributed by atoms with Gasteiger partial charge in [-0.05, 0) is 20.8 Å². The molecule has 0 bridgehead atoms. The van der Waals surface area contributed by atoms with E-state index in [1.54, 1.807) is 13.1 Å². The maximum Gasteiger partial charge on any atom is 0.142 e. The van der Waals surface area contributed by atoms with E-state index in [-0.39, 0.29) is 5.78 Å². The summed E-state index contributed by atoms with van der Waals surface area (Å²) in [6.45, 7) is 5.37. The van der Waals surface area contributed by atoms with Gasteiger partial charge in [0.1, 0.15) is 11.6 Å². The van der Waals surface area contributed by atoms with E-state index in [9.17, 15) is 4.79 Å². The molecule has 0 aliphatic rings. The first-order valence-electron chi connectivity index (χ1n) is 3.95.